The van der Waals surface area contributed by atoms with E-state index in [2.05, 4.69) is 19.7 Å². The SMILES string of the molecule is CC(C)c1nc(-c2ccc(F)c(NS(=O)(=O)c3ccccc3F)c2)c(-c2ccnc(Cl)n2)s1. The van der Waals surface area contributed by atoms with Crippen molar-refractivity contribution in [2.45, 2.75) is 24.7 Å². The number of nitrogens with one attached hydrogen (secondary N) is 1. The van der Waals surface area contributed by atoms with Crippen LogP contribution in [0.15, 0.2) is 59.6 Å². The molecule has 4 aromatic rings. The van der Waals surface area contributed by atoms with E-state index >= 15 is 0 Å². The van der Waals surface area contributed by atoms with Crippen molar-refractivity contribution in [2.75, 3.05) is 4.72 Å². The molecule has 11 heteroatoms. The molecule has 0 fully saturated rings. The second-order valence-electron chi connectivity index (χ2n) is 7.33. The number of anilines is 1. The summed E-state index contributed by atoms with van der Waals surface area (Å²) in [7, 11) is -4.36. The molecular formula is C22H17ClF2N4O2S2. The van der Waals surface area contributed by atoms with Crippen molar-refractivity contribution in [1.82, 2.24) is 15.0 Å². The molecule has 0 saturated carbocycles. The van der Waals surface area contributed by atoms with Gasteiger partial charge in [0.2, 0.25) is 5.28 Å². The maximum Gasteiger partial charge on any atom is 0.264 e. The molecule has 33 heavy (non-hydrogen) atoms. The molecule has 0 spiro atoms. The lowest BCUT2D eigenvalue weighted by atomic mass is 10.1. The van der Waals surface area contributed by atoms with Crippen LogP contribution in [0.1, 0.15) is 24.8 Å². The van der Waals surface area contributed by atoms with Crippen LogP contribution in [0.3, 0.4) is 0 Å². The second kappa shape index (κ2) is 9.12. The summed E-state index contributed by atoms with van der Waals surface area (Å²) in [5.41, 5.74) is 1.15. The molecular weight excluding hydrogens is 490 g/mol. The zero-order valence-electron chi connectivity index (χ0n) is 17.4. The Kier molecular flexibility index (Phi) is 6.42. The Hall–Kier alpha value is -2.95. The summed E-state index contributed by atoms with van der Waals surface area (Å²) in [6.45, 7) is 3.97. The molecule has 1 N–H and O–H groups in total. The van der Waals surface area contributed by atoms with E-state index in [0.717, 1.165) is 23.2 Å². The molecule has 0 unspecified atom stereocenters. The van der Waals surface area contributed by atoms with Crippen LogP contribution in [-0.4, -0.2) is 23.4 Å². The minimum Gasteiger partial charge on any atom is -0.277 e. The van der Waals surface area contributed by atoms with Crippen LogP contribution in [0.2, 0.25) is 5.28 Å². The van der Waals surface area contributed by atoms with Crippen LogP contribution in [0.4, 0.5) is 14.5 Å². The molecule has 6 nitrogen and oxygen atoms in total. The van der Waals surface area contributed by atoms with Gasteiger partial charge in [-0.1, -0.05) is 26.0 Å². The monoisotopic (exact) mass is 506 g/mol. The Bertz CT molecular complexity index is 1440. The van der Waals surface area contributed by atoms with Gasteiger partial charge in [0, 0.05) is 17.7 Å². The standard InChI is InChI=1S/C22H17ClF2N4O2S2/c1-12(2)21-28-19(20(32-21)16-9-10-26-22(23)27-16)13-7-8-14(24)17(11-13)29-33(30,31)18-6-4-3-5-15(18)25/h3-12,29H,1-2H3. The smallest absolute Gasteiger partial charge is 0.264 e. The minimum absolute atomic E-state index is 0.0652. The number of benzene rings is 2. The van der Waals surface area contributed by atoms with Crippen molar-refractivity contribution in [3.8, 4) is 21.8 Å². The van der Waals surface area contributed by atoms with E-state index in [9.17, 15) is 17.2 Å². The van der Waals surface area contributed by atoms with Crippen LogP contribution in [-0.2, 0) is 10.0 Å². The molecule has 0 aliphatic carbocycles. The van der Waals surface area contributed by atoms with E-state index in [4.69, 9.17) is 11.6 Å². The first-order chi connectivity index (χ1) is 15.7. The van der Waals surface area contributed by atoms with Gasteiger partial charge < -0.3 is 0 Å². The van der Waals surface area contributed by atoms with Crippen LogP contribution in [0.25, 0.3) is 21.8 Å². The topological polar surface area (TPSA) is 84.8 Å². The summed E-state index contributed by atoms with van der Waals surface area (Å²) < 4.78 is 56.1. The highest BCUT2D eigenvalue weighted by Gasteiger charge is 2.23. The van der Waals surface area contributed by atoms with Crippen molar-refractivity contribution in [3.05, 3.63) is 76.7 Å². The minimum atomic E-state index is -4.36. The Morgan fingerprint density at radius 3 is 2.48 bits per heavy atom. The third kappa shape index (κ3) is 4.87. The maximum absolute atomic E-state index is 14.6. The Balaban J connectivity index is 1.81. The predicted molar refractivity (Wildman–Crippen MR) is 125 cm³/mol. The lowest BCUT2D eigenvalue weighted by Gasteiger charge is -2.11. The fraction of sp³-hybridized carbons (Fsp3) is 0.136. The first-order valence-electron chi connectivity index (χ1n) is 9.72. The van der Waals surface area contributed by atoms with Crippen molar-refractivity contribution < 1.29 is 17.2 Å². The van der Waals surface area contributed by atoms with Gasteiger partial charge in [0.15, 0.2) is 0 Å². The van der Waals surface area contributed by atoms with Gasteiger partial charge in [-0.2, -0.15) is 0 Å². The highest BCUT2D eigenvalue weighted by molar-refractivity contribution is 7.92. The zero-order chi connectivity index (χ0) is 23.8. The van der Waals surface area contributed by atoms with E-state index in [1.165, 1.54) is 41.8 Å². The van der Waals surface area contributed by atoms with Gasteiger partial charge in [-0.25, -0.2) is 32.2 Å². The normalized spacial score (nSPS) is 11.7. The number of rotatable bonds is 6. The molecule has 170 valence electrons. The van der Waals surface area contributed by atoms with Gasteiger partial charge in [0.25, 0.3) is 10.0 Å². The fourth-order valence-electron chi connectivity index (χ4n) is 3.03. The molecule has 0 aliphatic heterocycles. The van der Waals surface area contributed by atoms with Crippen molar-refractivity contribution >= 4 is 38.6 Å². The molecule has 0 atom stereocenters. The Morgan fingerprint density at radius 2 is 1.79 bits per heavy atom. The van der Waals surface area contributed by atoms with E-state index in [-0.39, 0.29) is 16.9 Å². The number of thiazole rings is 1. The van der Waals surface area contributed by atoms with Gasteiger partial charge in [-0.3, -0.25) is 4.72 Å². The van der Waals surface area contributed by atoms with E-state index in [1.54, 1.807) is 6.07 Å². The van der Waals surface area contributed by atoms with Gasteiger partial charge >= 0.3 is 0 Å². The van der Waals surface area contributed by atoms with Crippen molar-refractivity contribution in [2.24, 2.45) is 0 Å². The van der Waals surface area contributed by atoms with Crippen LogP contribution < -0.4 is 4.72 Å². The Labute approximate surface area is 198 Å². The number of hydrogen-bond donors (Lipinski definition) is 1. The lowest BCUT2D eigenvalue weighted by molar-refractivity contribution is 0.569. The summed E-state index contributed by atoms with van der Waals surface area (Å²) in [4.78, 5) is 12.9. The highest BCUT2D eigenvalue weighted by atomic mass is 35.5. The molecule has 2 aromatic heterocycles. The average Bonchev–Trinajstić information content (AvgIpc) is 3.21. The number of aromatic nitrogens is 3. The van der Waals surface area contributed by atoms with Crippen LogP contribution in [0, 0.1) is 11.6 Å². The van der Waals surface area contributed by atoms with Crippen LogP contribution >= 0.6 is 22.9 Å². The maximum atomic E-state index is 14.6. The zero-order valence-corrected chi connectivity index (χ0v) is 19.8. The summed E-state index contributed by atoms with van der Waals surface area (Å²) in [6, 6.07) is 10.5. The van der Waals surface area contributed by atoms with E-state index in [1.807, 2.05) is 13.8 Å². The molecule has 0 bridgehead atoms. The molecule has 0 saturated heterocycles. The first-order valence-corrected chi connectivity index (χ1v) is 12.4. The van der Waals surface area contributed by atoms with Gasteiger partial charge in [-0.15, -0.1) is 11.3 Å². The average molecular weight is 507 g/mol. The summed E-state index contributed by atoms with van der Waals surface area (Å²) in [5.74, 6) is -1.64. The highest BCUT2D eigenvalue weighted by Crippen LogP contribution is 2.39. The summed E-state index contributed by atoms with van der Waals surface area (Å²) in [6.07, 6.45) is 1.52. The molecule has 4 rings (SSSR count). The molecule has 2 aromatic carbocycles. The molecule has 0 aliphatic rings. The van der Waals surface area contributed by atoms with Gasteiger partial charge in [-0.05, 0) is 48.0 Å². The number of nitrogens with zero attached hydrogens (tertiary/aromatic N) is 3. The number of halogens is 3. The van der Waals surface area contributed by atoms with Crippen molar-refractivity contribution in [3.63, 3.8) is 0 Å². The van der Waals surface area contributed by atoms with E-state index < -0.39 is 26.6 Å². The number of sulfonamides is 1. The third-order valence-corrected chi connectivity index (χ3v) is 7.57. The number of hydrogen-bond acceptors (Lipinski definition) is 6. The quantitative estimate of drug-likeness (QED) is 0.318. The van der Waals surface area contributed by atoms with E-state index in [0.29, 0.717) is 21.8 Å². The second-order valence-corrected chi connectivity index (χ2v) is 10.3. The Morgan fingerprint density at radius 1 is 1.03 bits per heavy atom. The lowest BCUT2D eigenvalue weighted by Crippen LogP contribution is -2.15. The van der Waals surface area contributed by atoms with Gasteiger partial charge in [0.05, 0.1) is 27.0 Å². The third-order valence-electron chi connectivity index (χ3n) is 4.61. The summed E-state index contributed by atoms with van der Waals surface area (Å²) in [5, 5.41) is 0.878. The fourth-order valence-corrected chi connectivity index (χ4v) is 5.37. The molecule has 0 radical (unpaired) electrons. The molecule has 0 amide bonds. The van der Waals surface area contributed by atoms with Crippen LogP contribution in [0.5, 0.6) is 0 Å². The predicted octanol–water partition coefficient (Wildman–Crippen LogP) is 6.12. The summed E-state index contributed by atoms with van der Waals surface area (Å²) >= 11 is 7.36. The van der Waals surface area contributed by atoms with Crippen molar-refractivity contribution in [1.29, 1.82) is 0 Å². The van der Waals surface area contributed by atoms with Gasteiger partial charge in [0.1, 0.15) is 16.5 Å². The first kappa shape index (κ1) is 23.2. The largest absolute Gasteiger partial charge is 0.277 e. The molecule has 2 heterocycles.